The fraction of sp³-hybridized carbons (Fsp3) is 0.650. The molecule has 0 aliphatic carbocycles. The molecule has 146 valence electrons. The summed E-state index contributed by atoms with van der Waals surface area (Å²) >= 11 is 0. The summed E-state index contributed by atoms with van der Waals surface area (Å²) in [5.41, 5.74) is 1.06. The monoisotopic (exact) mass is 363 g/mol. The molecule has 1 fully saturated rings. The van der Waals surface area contributed by atoms with Crippen molar-refractivity contribution in [3.63, 3.8) is 0 Å². The minimum atomic E-state index is 0.341. The molecule has 0 unspecified atom stereocenters. The van der Waals surface area contributed by atoms with Gasteiger partial charge in [-0.2, -0.15) is 0 Å². The van der Waals surface area contributed by atoms with E-state index in [4.69, 9.17) is 18.9 Å². The van der Waals surface area contributed by atoms with Gasteiger partial charge in [0.2, 0.25) is 0 Å². The zero-order valence-corrected chi connectivity index (χ0v) is 16.2. The summed E-state index contributed by atoms with van der Waals surface area (Å²) < 4.78 is 16.4. The molecule has 26 heavy (non-hydrogen) atoms. The summed E-state index contributed by atoms with van der Waals surface area (Å²) in [6.07, 6.45) is 5.91. The van der Waals surface area contributed by atoms with Gasteiger partial charge in [0.1, 0.15) is 5.76 Å². The number of furan rings is 1. The smallest absolute Gasteiger partial charge is 0.194 e. The molecule has 0 saturated carbocycles. The van der Waals surface area contributed by atoms with Crippen molar-refractivity contribution in [1.82, 2.24) is 10.2 Å². The van der Waals surface area contributed by atoms with E-state index in [0.717, 1.165) is 75.8 Å². The van der Waals surface area contributed by atoms with Gasteiger partial charge >= 0.3 is 0 Å². The number of nitrogens with zero attached hydrogens (tertiary/aromatic N) is 2. The molecule has 1 aromatic rings. The molecule has 6 nitrogen and oxygen atoms in total. The average Bonchev–Trinajstić information content (AvgIpc) is 3.15. The highest BCUT2D eigenvalue weighted by Crippen LogP contribution is 2.14. The number of aliphatic imine (C=N–C) groups is 1. The lowest BCUT2D eigenvalue weighted by molar-refractivity contribution is 0.00990. The van der Waals surface area contributed by atoms with Crippen LogP contribution in [0.2, 0.25) is 0 Å². The van der Waals surface area contributed by atoms with Gasteiger partial charge in [-0.25, -0.2) is 4.99 Å². The number of guanidine groups is 1. The van der Waals surface area contributed by atoms with Gasteiger partial charge in [0.15, 0.2) is 5.96 Å². The van der Waals surface area contributed by atoms with E-state index in [1.165, 1.54) is 0 Å². The number of hydrogen-bond donors (Lipinski definition) is 1. The predicted molar refractivity (Wildman–Crippen MR) is 105 cm³/mol. The van der Waals surface area contributed by atoms with E-state index in [1.807, 2.05) is 19.1 Å². The van der Waals surface area contributed by atoms with Crippen molar-refractivity contribution in [3.8, 4) is 0 Å². The van der Waals surface area contributed by atoms with E-state index < -0.39 is 0 Å². The van der Waals surface area contributed by atoms with Crippen molar-refractivity contribution < 1.29 is 13.9 Å². The molecule has 0 radical (unpaired) electrons. The van der Waals surface area contributed by atoms with Crippen molar-refractivity contribution in [2.45, 2.75) is 38.7 Å². The van der Waals surface area contributed by atoms with Crippen LogP contribution in [0.25, 0.3) is 0 Å². The summed E-state index contributed by atoms with van der Waals surface area (Å²) in [5.74, 6) is 1.94. The summed E-state index contributed by atoms with van der Waals surface area (Å²) in [5, 5.41) is 3.48. The van der Waals surface area contributed by atoms with Crippen LogP contribution in [0.3, 0.4) is 0 Å². The van der Waals surface area contributed by atoms with Gasteiger partial charge in [0.25, 0.3) is 0 Å². The van der Waals surface area contributed by atoms with Crippen molar-refractivity contribution >= 4 is 5.96 Å². The molecule has 0 bridgehead atoms. The maximum Gasteiger partial charge on any atom is 0.194 e. The van der Waals surface area contributed by atoms with E-state index in [-0.39, 0.29) is 0 Å². The zero-order valence-electron chi connectivity index (χ0n) is 16.2. The van der Waals surface area contributed by atoms with Crippen LogP contribution in [-0.4, -0.2) is 63.5 Å². The van der Waals surface area contributed by atoms with Crippen LogP contribution in [-0.2, 0) is 15.9 Å². The zero-order chi connectivity index (χ0) is 18.6. The largest absolute Gasteiger partial charge is 0.469 e. The Labute approximate surface area is 157 Å². The number of ether oxygens (including phenoxy) is 2. The molecule has 1 aliphatic heterocycles. The highest BCUT2D eigenvalue weighted by molar-refractivity contribution is 5.80. The van der Waals surface area contributed by atoms with Gasteiger partial charge < -0.3 is 24.1 Å². The molecule has 1 aliphatic rings. The molecule has 0 aromatic carbocycles. The molecule has 1 saturated heterocycles. The Morgan fingerprint density at radius 1 is 1.38 bits per heavy atom. The highest BCUT2D eigenvalue weighted by Gasteiger charge is 2.22. The van der Waals surface area contributed by atoms with Crippen LogP contribution in [0.15, 0.2) is 40.0 Å². The molecule has 1 N–H and O–H groups in total. The van der Waals surface area contributed by atoms with Crippen molar-refractivity contribution in [2.75, 3.05) is 46.5 Å². The number of piperidine rings is 1. The molecule has 2 rings (SSSR count). The molecule has 1 aromatic heterocycles. The van der Waals surface area contributed by atoms with Crippen molar-refractivity contribution in [1.29, 1.82) is 0 Å². The topological polar surface area (TPSA) is 59.2 Å². The highest BCUT2D eigenvalue weighted by atomic mass is 16.5. The van der Waals surface area contributed by atoms with E-state index in [1.54, 1.807) is 13.4 Å². The Hall–Kier alpha value is -1.79. The van der Waals surface area contributed by atoms with E-state index in [2.05, 4.69) is 16.8 Å². The quantitative estimate of drug-likeness (QED) is 0.300. The molecule has 6 heteroatoms. The standard InChI is InChI=1S/C20H33N3O3/c1-17(2)16-22-20(21-10-7-18-6-4-14-25-18)23-11-8-19(9-12-23)26-15-5-13-24-3/h4,6,14,19H,1,5,7-13,15-16H2,2-3H3,(H,21,22). The third kappa shape index (κ3) is 7.62. The van der Waals surface area contributed by atoms with Crippen LogP contribution in [0.5, 0.6) is 0 Å². The maximum atomic E-state index is 5.95. The first-order valence-corrected chi connectivity index (χ1v) is 9.49. The number of rotatable bonds is 10. The van der Waals surface area contributed by atoms with E-state index >= 15 is 0 Å². The van der Waals surface area contributed by atoms with Crippen LogP contribution in [0, 0.1) is 0 Å². The van der Waals surface area contributed by atoms with Gasteiger partial charge in [0.05, 0.1) is 18.9 Å². The number of nitrogens with one attached hydrogen (secondary N) is 1. The summed E-state index contributed by atoms with van der Waals surface area (Å²) in [4.78, 5) is 7.04. The third-order valence-corrected chi connectivity index (χ3v) is 4.32. The van der Waals surface area contributed by atoms with Crippen molar-refractivity contribution in [2.24, 2.45) is 4.99 Å². The van der Waals surface area contributed by atoms with Crippen LogP contribution in [0.1, 0.15) is 31.9 Å². The fourth-order valence-corrected chi connectivity index (χ4v) is 2.92. The Kier molecular flexibility index (Phi) is 9.28. The molecular formula is C20H33N3O3. The second-order valence-electron chi connectivity index (χ2n) is 6.76. The van der Waals surface area contributed by atoms with Crippen LogP contribution < -0.4 is 5.32 Å². The lowest BCUT2D eigenvalue weighted by Crippen LogP contribution is -2.47. The molecular weight excluding hydrogens is 330 g/mol. The second-order valence-corrected chi connectivity index (χ2v) is 6.76. The minimum absolute atomic E-state index is 0.341. The second kappa shape index (κ2) is 11.8. The SMILES string of the molecule is C=C(C)CN=C(NCCc1ccco1)N1CCC(OCCCOC)CC1. The third-order valence-electron chi connectivity index (χ3n) is 4.32. The first kappa shape index (κ1) is 20.5. The van der Waals surface area contributed by atoms with Gasteiger partial charge in [0, 0.05) is 46.4 Å². The van der Waals surface area contributed by atoms with Crippen LogP contribution >= 0.6 is 0 Å². The number of hydrogen-bond acceptors (Lipinski definition) is 4. The minimum Gasteiger partial charge on any atom is -0.469 e. The van der Waals surface area contributed by atoms with Crippen LogP contribution in [0.4, 0.5) is 0 Å². The fourth-order valence-electron chi connectivity index (χ4n) is 2.92. The lowest BCUT2D eigenvalue weighted by atomic mass is 10.1. The Morgan fingerprint density at radius 3 is 2.85 bits per heavy atom. The Balaban J connectivity index is 1.78. The van der Waals surface area contributed by atoms with Gasteiger partial charge in [-0.3, -0.25) is 0 Å². The molecule has 2 heterocycles. The first-order valence-electron chi connectivity index (χ1n) is 9.49. The first-order chi connectivity index (χ1) is 12.7. The lowest BCUT2D eigenvalue weighted by Gasteiger charge is -2.34. The number of likely N-dealkylation sites (tertiary alicyclic amines) is 1. The summed E-state index contributed by atoms with van der Waals surface area (Å²) in [7, 11) is 1.73. The van der Waals surface area contributed by atoms with Gasteiger partial charge in [-0.15, -0.1) is 0 Å². The molecule has 0 atom stereocenters. The maximum absolute atomic E-state index is 5.95. The van der Waals surface area contributed by atoms with Gasteiger partial charge in [-0.05, 0) is 38.3 Å². The summed E-state index contributed by atoms with van der Waals surface area (Å²) in [6.45, 7) is 10.9. The van der Waals surface area contributed by atoms with E-state index in [0.29, 0.717) is 12.6 Å². The Morgan fingerprint density at radius 2 is 2.19 bits per heavy atom. The average molecular weight is 364 g/mol. The Bertz CT molecular complexity index is 535. The molecule has 0 spiro atoms. The molecule has 0 amide bonds. The summed E-state index contributed by atoms with van der Waals surface area (Å²) in [6, 6.07) is 3.92. The number of methoxy groups -OCH3 is 1. The normalized spacial score (nSPS) is 16.1. The van der Waals surface area contributed by atoms with Gasteiger partial charge in [-0.1, -0.05) is 12.2 Å². The van der Waals surface area contributed by atoms with Crippen molar-refractivity contribution in [3.05, 3.63) is 36.3 Å². The predicted octanol–water partition coefficient (Wildman–Crippen LogP) is 2.86. The van der Waals surface area contributed by atoms with E-state index in [9.17, 15) is 0 Å².